The summed E-state index contributed by atoms with van der Waals surface area (Å²) >= 11 is 0. The molecule has 7 nitrogen and oxygen atoms in total. The highest BCUT2D eigenvalue weighted by Gasteiger charge is 2.17. The molecule has 190 valence electrons. The van der Waals surface area contributed by atoms with Gasteiger partial charge in [-0.3, -0.25) is 4.79 Å². The summed E-state index contributed by atoms with van der Waals surface area (Å²) in [4.78, 5) is 23.2. The molecule has 3 aromatic carbocycles. The predicted octanol–water partition coefficient (Wildman–Crippen LogP) is 6.45. The normalized spacial score (nSPS) is 10.6. The van der Waals surface area contributed by atoms with Crippen molar-refractivity contribution in [3.63, 3.8) is 0 Å². The molecule has 3 rings (SSSR count). The predicted molar refractivity (Wildman–Crippen MR) is 137 cm³/mol. The molecule has 0 aliphatic heterocycles. The van der Waals surface area contributed by atoms with Gasteiger partial charge >= 0.3 is 5.97 Å². The van der Waals surface area contributed by atoms with Crippen LogP contribution in [0.25, 0.3) is 0 Å². The first kappa shape index (κ1) is 26.6. The van der Waals surface area contributed by atoms with Crippen LogP contribution in [0.15, 0.2) is 54.6 Å². The third-order valence-corrected chi connectivity index (χ3v) is 5.70. The van der Waals surface area contributed by atoms with Gasteiger partial charge in [0.25, 0.3) is 0 Å². The van der Waals surface area contributed by atoms with Crippen LogP contribution in [0.3, 0.4) is 0 Å². The van der Waals surface area contributed by atoms with Gasteiger partial charge in [0.1, 0.15) is 34.3 Å². The lowest BCUT2D eigenvalue weighted by molar-refractivity contribution is 0.0694. The number of carbonyl (C=O) groups is 2. The molecule has 0 heterocycles. The van der Waals surface area contributed by atoms with Gasteiger partial charge in [-0.05, 0) is 56.2 Å². The van der Waals surface area contributed by atoms with E-state index in [1.807, 2.05) is 25.1 Å². The van der Waals surface area contributed by atoms with E-state index in [0.717, 1.165) is 12.0 Å². The monoisotopic (exact) mass is 492 g/mol. The molecule has 2 N–H and O–H groups in total. The van der Waals surface area contributed by atoms with Gasteiger partial charge in [-0.2, -0.15) is 0 Å². The number of ketones is 1. The van der Waals surface area contributed by atoms with E-state index in [-0.39, 0.29) is 22.8 Å². The number of Topliss-reactive ketones (excluding diaryl/α,β-unsaturated/α-hetero) is 1. The Labute approximate surface area is 211 Å². The van der Waals surface area contributed by atoms with Crippen LogP contribution in [-0.4, -0.2) is 35.2 Å². The molecule has 0 aromatic heterocycles. The number of aromatic hydroxyl groups is 1. The SMILES string of the molecule is CCCc1c(OCCCOc2ccc(C(C)=O)c(O)c2CC)cccc1Oc1ccccc1C(=O)O. The first-order chi connectivity index (χ1) is 17.4. The lowest BCUT2D eigenvalue weighted by Gasteiger charge is -2.17. The molecule has 0 radical (unpaired) electrons. The second-order valence-corrected chi connectivity index (χ2v) is 8.28. The molecular formula is C29H32O7. The summed E-state index contributed by atoms with van der Waals surface area (Å²) in [6, 6.07) is 15.3. The third-order valence-electron chi connectivity index (χ3n) is 5.70. The summed E-state index contributed by atoms with van der Waals surface area (Å²) in [5, 5.41) is 19.8. The van der Waals surface area contributed by atoms with Crippen LogP contribution in [-0.2, 0) is 12.8 Å². The van der Waals surface area contributed by atoms with Crippen molar-refractivity contribution in [3.05, 3.63) is 76.9 Å². The highest BCUT2D eigenvalue weighted by molar-refractivity contribution is 5.97. The topological polar surface area (TPSA) is 102 Å². The molecule has 0 atom stereocenters. The van der Waals surface area contributed by atoms with Crippen LogP contribution in [0.4, 0.5) is 0 Å². The number of carbonyl (C=O) groups excluding carboxylic acids is 1. The Hall–Kier alpha value is -4.00. The van der Waals surface area contributed by atoms with Crippen molar-refractivity contribution in [2.45, 2.75) is 46.5 Å². The molecule has 36 heavy (non-hydrogen) atoms. The number of benzene rings is 3. The quantitative estimate of drug-likeness (QED) is 0.209. The average molecular weight is 493 g/mol. The summed E-state index contributed by atoms with van der Waals surface area (Å²) in [6.45, 7) is 6.14. The molecule has 0 fully saturated rings. The molecule has 3 aromatic rings. The first-order valence-electron chi connectivity index (χ1n) is 12.1. The molecule has 0 aliphatic carbocycles. The molecule has 0 amide bonds. The van der Waals surface area contributed by atoms with Gasteiger partial charge in [-0.1, -0.05) is 38.5 Å². The number of hydrogen-bond donors (Lipinski definition) is 2. The summed E-state index contributed by atoms with van der Waals surface area (Å²) < 4.78 is 17.9. The second-order valence-electron chi connectivity index (χ2n) is 8.28. The van der Waals surface area contributed by atoms with Gasteiger partial charge in [0.05, 0.1) is 18.8 Å². The Morgan fingerprint density at radius 3 is 2.06 bits per heavy atom. The number of ether oxygens (including phenoxy) is 3. The number of para-hydroxylation sites is 1. The minimum Gasteiger partial charge on any atom is -0.507 e. The second kappa shape index (κ2) is 12.6. The van der Waals surface area contributed by atoms with Crippen molar-refractivity contribution >= 4 is 11.8 Å². The van der Waals surface area contributed by atoms with Crippen LogP contribution in [0, 0.1) is 0 Å². The number of aromatic carboxylic acids is 1. The van der Waals surface area contributed by atoms with Crippen molar-refractivity contribution in [3.8, 4) is 28.7 Å². The van der Waals surface area contributed by atoms with E-state index in [0.29, 0.717) is 60.9 Å². The first-order valence-corrected chi connectivity index (χ1v) is 12.1. The van der Waals surface area contributed by atoms with Crippen molar-refractivity contribution in [2.24, 2.45) is 0 Å². The lowest BCUT2D eigenvalue weighted by Crippen LogP contribution is -2.08. The summed E-state index contributed by atoms with van der Waals surface area (Å²) in [5.41, 5.74) is 1.87. The summed E-state index contributed by atoms with van der Waals surface area (Å²) in [7, 11) is 0. The number of phenolic OH excluding ortho intramolecular Hbond substituents is 1. The number of phenols is 1. The highest BCUT2D eigenvalue weighted by Crippen LogP contribution is 2.35. The lowest BCUT2D eigenvalue weighted by atomic mass is 10.0. The minimum atomic E-state index is -1.05. The Bertz CT molecular complexity index is 1220. The van der Waals surface area contributed by atoms with Crippen LogP contribution in [0.1, 0.15) is 65.5 Å². The van der Waals surface area contributed by atoms with E-state index in [1.54, 1.807) is 30.3 Å². The smallest absolute Gasteiger partial charge is 0.339 e. The molecule has 0 aliphatic rings. The zero-order chi connectivity index (χ0) is 26.1. The van der Waals surface area contributed by atoms with E-state index in [4.69, 9.17) is 14.2 Å². The Kier molecular flexibility index (Phi) is 9.33. The van der Waals surface area contributed by atoms with Gasteiger partial charge in [-0.25, -0.2) is 4.79 Å². The van der Waals surface area contributed by atoms with E-state index >= 15 is 0 Å². The maximum Gasteiger partial charge on any atom is 0.339 e. The Morgan fingerprint density at radius 1 is 0.778 bits per heavy atom. The Morgan fingerprint density at radius 2 is 1.42 bits per heavy atom. The zero-order valence-corrected chi connectivity index (χ0v) is 20.9. The van der Waals surface area contributed by atoms with Gasteiger partial charge in [0.2, 0.25) is 0 Å². The largest absolute Gasteiger partial charge is 0.507 e. The minimum absolute atomic E-state index is 0.0238. The van der Waals surface area contributed by atoms with Crippen molar-refractivity contribution in [1.29, 1.82) is 0 Å². The zero-order valence-electron chi connectivity index (χ0n) is 20.9. The Balaban J connectivity index is 1.66. The number of carboxylic acid groups (broad SMARTS) is 1. The van der Waals surface area contributed by atoms with E-state index in [9.17, 15) is 19.8 Å². The fourth-order valence-electron chi connectivity index (χ4n) is 3.93. The molecule has 0 saturated carbocycles. The molecule has 0 saturated heterocycles. The van der Waals surface area contributed by atoms with Crippen LogP contribution in [0.5, 0.6) is 28.7 Å². The van der Waals surface area contributed by atoms with Gasteiger partial charge in [0.15, 0.2) is 5.78 Å². The third kappa shape index (κ3) is 6.36. The molecule has 0 unspecified atom stereocenters. The highest BCUT2D eigenvalue weighted by atomic mass is 16.5. The number of carboxylic acids is 1. The number of rotatable bonds is 13. The van der Waals surface area contributed by atoms with Gasteiger partial charge in [-0.15, -0.1) is 0 Å². The fourth-order valence-corrected chi connectivity index (χ4v) is 3.93. The molecule has 0 spiro atoms. The van der Waals surface area contributed by atoms with Crippen molar-refractivity contribution < 1.29 is 34.0 Å². The molecular weight excluding hydrogens is 460 g/mol. The summed E-state index contributed by atoms with van der Waals surface area (Å²) in [5.74, 6) is 0.808. The van der Waals surface area contributed by atoms with E-state index < -0.39 is 5.97 Å². The van der Waals surface area contributed by atoms with Crippen molar-refractivity contribution in [2.75, 3.05) is 13.2 Å². The maximum absolute atomic E-state index is 11.7. The molecule has 7 heteroatoms. The fraction of sp³-hybridized carbons (Fsp3) is 0.310. The van der Waals surface area contributed by atoms with Crippen LogP contribution in [0.2, 0.25) is 0 Å². The number of hydrogen-bond acceptors (Lipinski definition) is 6. The van der Waals surface area contributed by atoms with E-state index in [2.05, 4.69) is 6.92 Å². The molecule has 0 bridgehead atoms. The summed E-state index contributed by atoms with van der Waals surface area (Å²) in [6.07, 6.45) is 2.70. The van der Waals surface area contributed by atoms with Crippen molar-refractivity contribution in [1.82, 2.24) is 0 Å². The average Bonchev–Trinajstić information content (AvgIpc) is 2.85. The maximum atomic E-state index is 11.7. The standard InChI is InChI=1S/C29H32O7/c1-4-10-22-24(13-8-14-26(22)36-27-12-7-6-11-23(27)29(32)33)34-17-9-18-35-25-16-15-21(19(3)30)28(31)20(25)5-2/h6-8,11-16,31H,4-5,9-10,17-18H2,1-3H3,(H,32,33). The van der Waals surface area contributed by atoms with E-state index in [1.165, 1.54) is 13.0 Å². The van der Waals surface area contributed by atoms with Crippen LogP contribution >= 0.6 is 0 Å². The van der Waals surface area contributed by atoms with Gasteiger partial charge < -0.3 is 24.4 Å². The van der Waals surface area contributed by atoms with Crippen LogP contribution < -0.4 is 14.2 Å². The van der Waals surface area contributed by atoms with Gasteiger partial charge in [0, 0.05) is 17.5 Å².